The number of carbonyl (C=O) groups excluding carboxylic acids is 1. The number of nitrogens with one attached hydrogen (secondary N) is 2. The first-order chi connectivity index (χ1) is 12.6. The van der Waals surface area contributed by atoms with Crippen molar-refractivity contribution in [2.24, 2.45) is 5.92 Å². The summed E-state index contributed by atoms with van der Waals surface area (Å²) in [6.45, 7) is 0.537. The number of hydrogen-bond acceptors (Lipinski definition) is 4. The molecule has 0 bridgehead atoms. The number of pyridine rings is 1. The predicted molar refractivity (Wildman–Crippen MR) is 98.9 cm³/mol. The van der Waals surface area contributed by atoms with E-state index >= 15 is 0 Å². The molecule has 1 aliphatic carbocycles. The van der Waals surface area contributed by atoms with Crippen LogP contribution in [0.25, 0.3) is 0 Å². The molecule has 6 nitrogen and oxygen atoms in total. The van der Waals surface area contributed by atoms with E-state index < -0.39 is 5.97 Å². The Hall–Kier alpha value is -2.89. The van der Waals surface area contributed by atoms with Crippen molar-refractivity contribution >= 4 is 17.6 Å². The first-order valence-electron chi connectivity index (χ1n) is 8.90. The van der Waals surface area contributed by atoms with Crippen LogP contribution in [0.1, 0.15) is 41.7 Å². The Morgan fingerprint density at radius 3 is 2.46 bits per heavy atom. The predicted octanol–water partition coefficient (Wildman–Crippen LogP) is 3.07. The summed E-state index contributed by atoms with van der Waals surface area (Å²) in [6.07, 6.45) is 4.36. The van der Waals surface area contributed by atoms with Gasteiger partial charge in [-0.1, -0.05) is 18.2 Å². The average Bonchev–Trinajstić information content (AvgIpc) is 2.68. The molecule has 1 saturated carbocycles. The lowest BCUT2D eigenvalue weighted by atomic mass is 9.86. The van der Waals surface area contributed by atoms with Gasteiger partial charge in [0.1, 0.15) is 0 Å². The van der Waals surface area contributed by atoms with Gasteiger partial charge in [-0.2, -0.15) is 0 Å². The minimum Gasteiger partial charge on any atom is -0.481 e. The van der Waals surface area contributed by atoms with Crippen molar-refractivity contribution in [3.63, 3.8) is 0 Å². The van der Waals surface area contributed by atoms with Crippen LogP contribution in [-0.4, -0.2) is 28.0 Å². The molecule has 3 N–H and O–H groups in total. The monoisotopic (exact) mass is 353 g/mol. The van der Waals surface area contributed by atoms with Gasteiger partial charge in [0.25, 0.3) is 5.91 Å². The molecule has 1 amide bonds. The lowest BCUT2D eigenvalue weighted by Gasteiger charge is -2.27. The van der Waals surface area contributed by atoms with Gasteiger partial charge in [-0.25, -0.2) is 0 Å². The molecule has 26 heavy (non-hydrogen) atoms. The number of nitrogens with zero attached hydrogens (tertiary/aromatic N) is 1. The van der Waals surface area contributed by atoms with Crippen LogP contribution in [0.2, 0.25) is 0 Å². The quantitative estimate of drug-likeness (QED) is 0.742. The smallest absolute Gasteiger partial charge is 0.306 e. The summed E-state index contributed by atoms with van der Waals surface area (Å²) in [7, 11) is 0. The number of carbonyl (C=O) groups is 2. The van der Waals surface area contributed by atoms with Gasteiger partial charge >= 0.3 is 5.97 Å². The molecule has 0 spiro atoms. The normalized spacial score (nSPS) is 19.5. The van der Waals surface area contributed by atoms with E-state index in [-0.39, 0.29) is 17.9 Å². The number of para-hydroxylation sites is 1. The molecule has 1 fully saturated rings. The van der Waals surface area contributed by atoms with Gasteiger partial charge in [-0.05, 0) is 49.9 Å². The minimum atomic E-state index is -0.737. The van der Waals surface area contributed by atoms with Crippen LogP contribution >= 0.6 is 0 Å². The summed E-state index contributed by atoms with van der Waals surface area (Å²) in [5.74, 6) is -1.15. The van der Waals surface area contributed by atoms with Crippen molar-refractivity contribution < 1.29 is 14.7 Å². The number of amides is 1. The van der Waals surface area contributed by atoms with Gasteiger partial charge in [-0.15, -0.1) is 0 Å². The zero-order valence-corrected chi connectivity index (χ0v) is 14.5. The zero-order valence-electron chi connectivity index (χ0n) is 14.5. The molecule has 0 radical (unpaired) electrons. The first kappa shape index (κ1) is 17.9. The Bertz CT molecular complexity index is 756. The van der Waals surface area contributed by atoms with Crippen LogP contribution in [0, 0.1) is 5.92 Å². The molecule has 0 aliphatic heterocycles. The Labute approximate surface area is 152 Å². The van der Waals surface area contributed by atoms with Gasteiger partial charge in [0.15, 0.2) is 0 Å². The third-order valence-electron chi connectivity index (χ3n) is 4.77. The van der Waals surface area contributed by atoms with Gasteiger partial charge in [0, 0.05) is 17.9 Å². The van der Waals surface area contributed by atoms with Gasteiger partial charge in [-0.3, -0.25) is 14.6 Å². The summed E-state index contributed by atoms with van der Waals surface area (Å²) in [6, 6.07) is 13.1. The molecule has 1 aromatic heterocycles. The third kappa shape index (κ3) is 4.59. The summed E-state index contributed by atoms with van der Waals surface area (Å²) in [5.41, 5.74) is 2.24. The van der Waals surface area contributed by atoms with E-state index in [4.69, 9.17) is 5.11 Å². The van der Waals surface area contributed by atoms with Crippen LogP contribution in [0.3, 0.4) is 0 Å². The van der Waals surface area contributed by atoms with Gasteiger partial charge in [0.2, 0.25) is 0 Å². The van der Waals surface area contributed by atoms with Crippen molar-refractivity contribution in [3.8, 4) is 0 Å². The van der Waals surface area contributed by atoms with Crippen molar-refractivity contribution in [2.75, 3.05) is 5.32 Å². The Morgan fingerprint density at radius 2 is 1.77 bits per heavy atom. The van der Waals surface area contributed by atoms with Crippen LogP contribution in [-0.2, 0) is 11.3 Å². The average molecular weight is 353 g/mol. The van der Waals surface area contributed by atoms with Gasteiger partial charge < -0.3 is 15.7 Å². The lowest BCUT2D eigenvalue weighted by Crippen LogP contribution is -2.39. The van der Waals surface area contributed by atoms with E-state index in [9.17, 15) is 9.59 Å². The Balaban J connectivity index is 1.60. The number of carboxylic acids is 1. The van der Waals surface area contributed by atoms with Crippen LogP contribution in [0.15, 0.2) is 48.7 Å². The molecule has 1 aromatic carbocycles. The lowest BCUT2D eigenvalue weighted by molar-refractivity contribution is -0.142. The van der Waals surface area contributed by atoms with Crippen LogP contribution in [0.4, 0.5) is 5.69 Å². The van der Waals surface area contributed by atoms with Crippen LogP contribution in [0.5, 0.6) is 0 Å². The number of rotatable bonds is 6. The third-order valence-corrected chi connectivity index (χ3v) is 4.77. The molecule has 2 aromatic rings. The fraction of sp³-hybridized carbons (Fsp3) is 0.350. The second-order valence-electron chi connectivity index (χ2n) is 6.58. The summed E-state index contributed by atoms with van der Waals surface area (Å²) in [4.78, 5) is 28.0. The molecule has 136 valence electrons. The number of carboxylic acid groups (broad SMARTS) is 1. The summed E-state index contributed by atoms with van der Waals surface area (Å²) in [5, 5.41) is 15.4. The fourth-order valence-electron chi connectivity index (χ4n) is 3.27. The second-order valence-corrected chi connectivity index (χ2v) is 6.58. The standard InChI is InChI=1S/C20H23N3O3/c24-19(23-15-10-8-14(9-11-15)20(25)26)17-6-1-2-7-18(17)22-13-16-5-3-4-12-21-16/h1-7,12,14-15,22H,8-11,13H2,(H,23,24)(H,25,26). The summed E-state index contributed by atoms with van der Waals surface area (Å²) >= 11 is 0. The number of hydrogen-bond donors (Lipinski definition) is 3. The second kappa shape index (κ2) is 8.47. The SMILES string of the molecule is O=C(NC1CCC(C(=O)O)CC1)c1ccccc1NCc1ccccn1. The van der Waals surface area contributed by atoms with E-state index in [1.807, 2.05) is 36.4 Å². The molecular formula is C20H23N3O3. The molecule has 6 heteroatoms. The Morgan fingerprint density at radius 1 is 1.04 bits per heavy atom. The largest absolute Gasteiger partial charge is 0.481 e. The van der Waals surface area contributed by atoms with Crippen molar-refractivity contribution in [1.29, 1.82) is 0 Å². The maximum Gasteiger partial charge on any atom is 0.306 e. The Kier molecular flexibility index (Phi) is 5.84. The molecule has 3 rings (SSSR count). The molecule has 1 heterocycles. The molecule has 1 aliphatic rings. The van der Waals surface area contributed by atoms with E-state index in [1.54, 1.807) is 12.3 Å². The van der Waals surface area contributed by atoms with E-state index in [2.05, 4.69) is 15.6 Å². The van der Waals surface area contributed by atoms with E-state index in [0.29, 0.717) is 37.8 Å². The number of aliphatic carboxylic acids is 1. The van der Waals surface area contributed by atoms with E-state index in [1.165, 1.54) is 0 Å². The summed E-state index contributed by atoms with van der Waals surface area (Å²) < 4.78 is 0. The first-order valence-corrected chi connectivity index (χ1v) is 8.90. The molecule has 0 atom stereocenters. The molecule has 0 saturated heterocycles. The maximum atomic E-state index is 12.7. The fourth-order valence-corrected chi connectivity index (χ4v) is 3.27. The molecular weight excluding hydrogens is 330 g/mol. The van der Waals surface area contributed by atoms with Crippen LogP contribution < -0.4 is 10.6 Å². The highest BCUT2D eigenvalue weighted by Crippen LogP contribution is 2.25. The number of anilines is 1. The minimum absolute atomic E-state index is 0.0296. The van der Waals surface area contributed by atoms with Crippen molar-refractivity contribution in [3.05, 3.63) is 59.9 Å². The highest BCUT2D eigenvalue weighted by molar-refractivity contribution is 5.99. The number of aromatic nitrogens is 1. The van der Waals surface area contributed by atoms with Crippen molar-refractivity contribution in [1.82, 2.24) is 10.3 Å². The topological polar surface area (TPSA) is 91.3 Å². The highest BCUT2D eigenvalue weighted by Gasteiger charge is 2.27. The number of benzene rings is 1. The zero-order chi connectivity index (χ0) is 18.4. The maximum absolute atomic E-state index is 12.7. The van der Waals surface area contributed by atoms with Crippen molar-refractivity contribution in [2.45, 2.75) is 38.3 Å². The van der Waals surface area contributed by atoms with E-state index in [0.717, 1.165) is 11.4 Å². The van der Waals surface area contributed by atoms with Gasteiger partial charge in [0.05, 0.1) is 23.7 Å². The molecule has 0 unspecified atom stereocenters. The highest BCUT2D eigenvalue weighted by atomic mass is 16.4.